The number of esters is 1. The number of hydrogen-bond donors (Lipinski definition) is 1. The van der Waals surface area contributed by atoms with Gasteiger partial charge in [0.2, 0.25) is 0 Å². The number of ether oxygens (including phenoxy) is 1. The predicted octanol–water partition coefficient (Wildman–Crippen LogP) is 2.33. The first-order valence-corrected chi connectivity index (χ1v) is 6.78. The van der Waals surface area contributed by atoms with Crippen molar-refractivity contribution in [2.45, 2.75) is 39.5 Å². The first-order chi connectivity index (χ1) is 8.10. The largest absolute Gasteiger partial charge is 0.462 e. The molecule has 0 radical (unpaired) electrons. The highest BCUT2D eigenvalue weighted by molar-refractivity contribution is 7.13. The van der Waals surface area contributed by atoms with Gasteiger partial charge in [0, 0.05) is 6.42 Å². The monoisotopic (exact) mass is 256 g/mol. The van der Waals surface area contributed by atoms with E-state index in [1.807, 2.05) is 20.8 Å². The summed E-state index contributed by atoms with van der Waals surface area (Å²) in [5.74, 6) is -0.0232. The zero-order valence-corrected chi connectivity index (χ0v) is 11.5. The zero-order valence-electron chi connectivity index (χ0n) is 10.7. The molecule has 2 N–H and O–H groups in total. The van der Waals surface area contributed by atoms with Crippen molar-refractivity contribution in [1.29, 1.82) is 0 Å². The molecule has 0 saturated carbocycles. The van der Waals surface area contributed by atoms with Crippen LogP contribution in [0.3, 0.4) is 0 Å². The smallest absolute Gasteiger partial charge is 0.350 e. The Morgan fingerprint density at radius 3 is 2.76 bits per heavy atom. The molecule has 1 aromatic rings. The van der Waals surface area contributed by atoms with Gasteiger partial charge in [0.05, 0.1) is 17.3 Å². The van der Waals surface area contributed by atoms with Crippen LogP contribution in [0.25, 0.3) is 0 Å². The van der Waals surface area contributed by atoms with E-state index in [4.69, 9.17) is 10.5 Å². The summed E-state index contributed by atoms with van der Waals surface area (Å²) in [4.78, 5) is 16.9. The molecule has 5 heteroatoms. The molecule has 0 bridgehead atoms. The van der Waals surface area contributed by atoms with E-state index in [-0.39, 0.29) is 11.9 Å². The molecule has 96 valence electrons. The Morgan fingerprint density at radius 2 is 2.24 bits per heavy atom. The second kappa shape index (κ2) is 6.71. The Bertz CT molecular complexity index is 375. The highest BCUT2D eigenvalue weighted by atomic mass is 32.1. The van der Waals surface area contributed by atoms with Gasteiger partial charge in [-0.1, -0.05) is 13.8 Å². The van der Waals surface area contributed by atoms with E-state index < -0.39 is 0 Å². The van der Waals surface area contributed by atoms with E-state index in [9.17, 15) is 4.79 Å². The second-order valence-electron chi connectivity index (χ2n) is 4.09. The lowest BCUT2D eigenvalue weighted by molar-refractivity contribution is 0.0530. The van der Waals surface area contributed by atoms with Crippen molar-refractivity contribution in [2.75, 3.05) is 13.2 Å². The first kappa shape index (κ1) is 14.1. The molecule has 0 saturated heterocycles. The second-order valence-corrected chi connectivity index (χ2v) is 5.17. The van der Waals surface area contributed by atoms with Crippen molar-refractivity contribution in [3.63, 3.8) is 0 Å². The van der Waals surface area contributed by atoms with Gasteiger partial charge in [0.15, 0.2) is 0 Å². The lowest BCUT2D eigenvalue weighted by atomic mass is 10.1. The summed E-state index contributed by atoms with van der Waals surface area (Å²) in [6.07, 6.45) is 1.73. The first-order valence-electron chi connectivity index (χ1n) is 5.96. The summed E-state index contributed by atoms with van der Waals surface area (Å²) < 4.78 is 5.04. The molecule has 0 amide bonds. The van der Waals surface area contributed by atoms with Crippen LogP contribution in [-0.4, -0.2) is 24.1 Å². The van der Waals surface area contributed by atoms with Crippen molar-refractivity contribution in [3.8, 4) is 0 Å². The maximum Gasteiger partial charge on any atom is 0.350 e. The molecule has 0 aliphatic heterocycles. The normalized spacial score (nSPS) is 10.9. The van der Waals surface area contributed by atoms with Crippen LogP contribution in [0.1, 0.15) is 53.5 Å². The Hall–Kier alpha value is -0.940. The van der Waals surface area contributed by atoms with Crippen LogP contribution in [0.15, 0.2) is 0 Å². The van der Waals surface area contributed by atoms with Crippen LogP contribution < -0.4 is 5.73 Å². The van der Waals surface area contributed by atoms with Crippen molar-refractivity contribution >= 4 is 17.3 Å². The molecule has 0 fully saturated rings. The lowest BCUT2D eigenvalue weighted by Gasteiger charge is -2.04. The maximum atomic E-state index is 11.8. The fourth-order valence-electron chi connectivity index (χ4n) is 1.47. The molecular weight excluding hydrogens is 236 g/mol. The molecule has 0 aromatic carbocycles. The summed E-state index contributed by atoms with van der Waals surface area (Å²) in [6.45, 7) is 6.91. The highest BCUT2D eigenvalue weighted by Crippen LogP contribution is 2.26. The molecule has 0 aliphatic carbocycles. The van der Waals surface area contributed by atoms with Gasteiger partial charge in [-0.2, -0.15) is 0 Å². The minimum absolute atomic E-state index is 0.234. The third kappa shape index (κ3) is 3.78. The standard InChI is InChI=1S/C12H20N2O2S/c1-4-16-12(15)11-10(8(2)3)14-9(17-11)6-5-7-13/h8H,4-7,13H2,1-3H3. The van der Waals surface area contributed by atoms with Crippen LogP contribution in [0.4, 0.5) is 0 Å². The van der Waals surface area contributed by atoms with Crippen LogP contribution >= 0.6 is 11.3 Å². The van der Waals surface area contributed by atoms with Gasteiger partial charge in [-0.25, -0.2) is 9.78 Å². The maximum absolute atomic E-state index is 11.8. The van der Waals surface area contributed by atoms with Crippen LogP contribution in [-0.2, 0) is 11.2 Å². The van der Waals surface area contributed by atoms with E-state index in [2.05, 4.69) is 4.98 Å². The van der Waals surface area contributed by atoms with Gasteiger partial charge < -0.3 is 10.5 Å². The van der Waals surface area contributed by atoms with Gasteiger partial charge in [-0.05, 0) is 25.8 Å². The molecule has 0 unspecified atom stereocenters. The van der Waals surface area contributed by atoms with Crippen LogP contribution in [0.5, 0.6) is 0 Å². The molecule has 4 nitrogen and oxygen atoms in total. The van der Waals surface area contributed by atoms with E-state index in [0.717, 1.165) is 23.5 Å². The minimum atomic E-state index is -0.257. The molecule has 0 spiro atoms. The van der Waals surface area contributed by atoms with Crippen molar-refractivity contribution in [3.05, 3.63) is 15.6 Å². The average molecular weight is 256 g/mol. The van der Waals surface area contributed by atoms with E-state index in [1.54, 1.807) is 0 Å². The third-order valence-corrected chi connectivity index (χ3v) is 3.41. The number of hydrogen-bond acceptors (Lipinski definition) is 5. The number of nitrogens with zero attached hydrogens (tertiary/aromatic N) is 1. The number of thiazole rings is 1. The van der Waals surface area contributed by atoms with Gasteiger partial charge >= 0.3 is 5.97 Å². The van der Waals surface area contributed by atoms with Gasteiger partial charge in [-0.3, -0.25) is 0 Å². The van der Waals surface area contributed by atoms with Gasteiger partial charge in [-0.15, -0.1) is 11.3 Å². The molecule has 1 heterocycles. The summed E-state index contributed by atoms with van der Waals surface area (Å²) in [5, 5.41) is 0.974. The Labute approximate surface area is 106 Å². The van der Waals surface area contributed by atoms with Gasteiger partial charge in [0.1, 0.15) is 4.88 Å². The van der Waals surface area contributed by atoms with E-state index in [1.165, 1.54) is 11.3 Å². The number of aromatic nitrogens is 1. The van der Waals surface area contributed by atoms with Gasteiger partial charge in [0.25, 0.3) is 0 Å². The molecule has 0 atom stereocenters. The molecule has 1 rings (SSSR count). The predicted molar refractivity (Wildman–Crippen MR) is 69.5 cm³/mol. The average Bonchev–Trinajstić information content (AvgIpc) is 2.71. The molecule has 0 aliphatic rings. The number of rotatable bonds is 6. The topological polar surface area (TPSA) is 65.2 Å². The molecular formula is C12H20N2O2S. The number of carbonyl (C=O) groups is 1. The highest BCUT2D eigenvalue weighted by Gasteiger charge is 2.20. The SMILES string of the molecule is CCOC(=O)c1sc(CCCN)nc1C(C)C. The Kier molecular flexibility index (Phi) is 5.58. The minimum Gasteiger partial charge on any atom is -0.462 e. The number of carbonyl (C=O) groups excluding carboxylic acids is 1. The zero-order chi connectivity index (χ0) is 12.8. The van der Waals surface area contributed by atoms with Crippen molar-refractivity contribution < 1.29 is 9.53 Å². The molecule has 17 heavy (non-hydrogen) atoms. The number of nitrogens with two attached hydrogens (primary N) is 1. The van der Waals surface area contributed by atoms with E-state index >= 15 is 0 Å². The summed E-state index contributed by atoms with van der Waals surface area (Å²) in [7, 11) is 0. The molecule has 1 aromatic heterocycles. The Morgan fingerprint density at radius 1 is 1.53 bits per heavy atom. The van der Waals surface area contributed by atoms with Crippen molar-refractivity contribution in [1.82, 2.24) is 4.98 Å². The Balaban J connectivity index is 2.92. The fourth-order valence-corrected chi connectivity index (χ4v) is 2.63. The third-order valence-electron chi connectivity index (χ3n) is 2.30. The quantitative estimate of drug-likeness (QED) is 0.793. The van der Waals surface area contributed by atoms with Crippen molar-refractivity contribution in [2.24, 2.45) is 5.73 Å². The summed E-state index contributed by atoms with van der Waals surface area (Å²) in [6, 6.07) is 0. The number of aryl methyl sites for hydroxylation is 1. The van der Waals surface area contributed by atoms with E-state index in [0.29, 0.717) is 18.0 Å². The fraction of sp³-hybridized carbons (Fsp3) is 0.667. The summed E-state index contributed by atoms with van der Waals surface area (Å²) >= 11 is 1.43. The lowest BCUT2D eigenvalue weighted by Crippen LogP contribution is -2.06. The van der Waals surface area contributed by atoms with Crippen LogP contribution in [0.2, 0.25) is 0 Å². The summed E-state index contributed by atoms with van der Waals surface area (Å²) in [5.41, 5.74) is 6.32. The van der Waals surface area contributed by atoms with Crippen LogP contribution in [0, 0.1) is 0 Å².